The van der Waals surface area contributed by atoms with Gasteiger partial charge in [0, 0.05) is 11.3 Å². The molecule has 3 N–H and O–H groups in total. The van der Waals surface area contributed by atoms with Gasteiger partial charge in [0.15, 0.2) is 0 Å². The minimum absolute atomic E-state index is 0.00769. The SMILES string of the molecule is CC[C@@H](NC(=O)c1ccccc1)c1ccc(N)cc1. The first-order valence-electron chi connectivity index (χ1n) is 6.42. The average molecular weight is 254 g/mol. The van der Waals surface area contributed by atoms with Crippen molar-refractivity contribution in [2.24, 2.45) is 0 Å². The third-order valence-electron chi connectivity index (χ3n) is 3.09. The van der Waals surface area contributed by atoms with E-state index in [2.05, 4.69) is 5.32 Å². The number of hydrogen-bond donors (Lipinski definition) is 2. The first-order valence-corrected chi connectivity index (χ1v) is 6.42. The van der Waals surface area contributed by atoms with E-state index >= 15 is 0 Å². The van der Waals surface area contributed by atoms with Crippen molar-refractivity contribution in [3.05, 3.63) is 65.7 Å². The zero-order chi connectivity index (χ0) is 13.7. The van der Waals surface area contributed by atoms with Gasteiger partial charge in [0.05, 0.1) is 6.04 Å². The van der Waals surface area contributed by atoms with Gasteiger partial charge in [0.1, 0.15) is 0 Å². The van der Waals surface area contributed by atoms with Crippen LogP contribution in [0, 0.1) is 0 Å². The molecule has 0 bridgehead atoms. The maximum absolute atomic E-state index is 12.1. The average Bonchev–Trinajstić information content (AvgIpc) is 2.46. The number of nitrogens with one attached hydrogen (secondary N) is 1. The summed E-state index contributed by atoms with van der Waals surface area (Å²) in [6, 6.07) is 16.9. The lowest BCUT2D eigenvalue weighted by Gasteiger charge is -2.17. The van der Waals surface area contributed by atoms with Crippen molar-refractivity contribution >= 4 is 11.6 Å². The van der Waals surface area contributed by atoms with Gasteiger partial charge >= 0.3 is 0 Å². The van der Waals surface area contributed by atoms with Gasteiger partial charge in [-0.25, -0.2) is 0 Å². The molecule has 0 heterocycles. The zero-order valence-electron chi connectivity index (χ0n) is 11.0. The second kappa shape index (κ2) is 6.05. The summed E-state index contributed by atoms with van der Waals surface area (Å²) >= 11 is 0. The number of carbonyl (C=O) groups is 1. The third-order valence-corrected chi connectivity index (χ3v) is 3.09. The van der Waals surface area contributed by atoms with Crippen LogP contribution >= 0.6 is 0 Å². The predicted octanol–water partition coefficient (Wildman–Crippen LogP) is 3.15. The van der Waals surface area contributed by atoms with E-state index in [0.29, 0.717) is 5.56 Å². The van der Waals surface area contributed by atoms with E-state index < -0.39 is 0 Å². The maximum Gasteiger partial charge on any atom is 0.251 e. The number of amides is 1. The van der Waals surface area contributed by atoms with Crippen molar-refractivity contribution in [3.8, 4) is 0 Å². The summed E-state index contributed by atoms with van der Waals surface area (Å²) in [7, 11) is 0. The summed E-state index contributed by atoms with van der Waals surface area (Å²) in [5.74, 6) is -0.0516. The van der Waals surface area contributed by atoms with Gasteiger partial charge in [-0.3, -0.25) is 4.79 Å². The Morgan fingerprint density at radius 1 is 1.11 bits per heavy atom. The standard InChI is InChI=1S/C16H18N2O/c1-2-15(12-8-10-14(17)11-9-12)18-16(19)13-6-4-3-5-7-13/h3-11,15H,2,17H2,1H3,(H,18,19)/t15-/m1/s1. The normalized spacial score (nSPS) is 11.8. The van der Waals surface area contributed by atoms with E-state index in [1.165, 1.54) is 0 Å². The lowest BCUT2D eigenvalue weighted by molar-refractivity contribution is 0.0935. The molecule has 0 unspecified atom stereocenters. The Bertz CT molecular complexity index is 534. The number of carbonyl (C=O) groups excluding carboxylic acids is 1. The van der Waals surface area contributed by atoms with Crippen LogP contribution in [0.25, 0.3) is 0 Å². The summed E-state index contributed by atoms with van der Waals surface area (Å²) in [6.07, 6.45) is 0.836. The zero-order valence-corrected chi connectivity index (χ0v) is 11.0. The molecular weight excluding hydrogens is 236 g/mol. The molecule has 19 heavy (non-hydrogen) atoms. The predicted molar refractivity (Wildman–Crippen MR) is 77.8 cm³/mol. The number of hydrogen-bond acceptors (Lipinski definition) is 2. The van der Waals surface area contributed by atoms with E-state index in [0.717, 1.165) is 17.7 Å². The van der Waals surface area contributed by atoms with Crippen LogP contribution in [-0.2, 0) is 0 Å². The molecule has 3 heteroatoms. The Hall–Kier alpha value is -2.29. The van der Waals surface area contributed by atoms with Crippen LogP contribution in [0.5, 0.6) is 0 Å². The molecule has 1 amide bonds. The van der Waals surface area contributed by atoms with Crippen LogP contribution in [0.2, 0.25) is 0 Å². The van der Waals surface area contributed by atoms with Crippen molar-refractivity contribution in [2.75, 3.05) is 5.73 Å². The molecule has 0 aromatic heterocycles. The Morgan fingerprint density at radius 2 is 1.74 bits per heavy atom. The highest BCUT2D eigenvalue weighted by Gasteiger charge is 2.13. The summed E-state index contributed by atoms with van der Waals surface area (Å²) in [4.78, 5) is 12.1. The van der Waals surface area contributed by atoms with Crippen LogP contribution in [0.3, 0.4) is 0 Å². The lowest BCUT2D eigenvalue weighted by Crippen LogP contribution is -2.28. The fraction of sp³-hybridized carbons (Fsp3) is 0.188. The van der Waals surface area contributed by atoms with Crippen LogP contribution in [0.1, 0.15) is 35.3 Å². The Balaban J connectivity index is 2.11. The molecule has 2 aromatic rings. The molecular formula is C16H18N2O. The molecule has 1 atom stereocenters. The Kier molecular flexibility index (Phi) is 4.18. The van der Waals surface area contributed by atoms with Gasteiger partial charge in [0.25, 0.3) is 5.91 Å². The molecule has 0 spiro atoms. The van der Waals surface area contributed by atoms with E-state index in [1.807, 2.05) is 61.5 Å². The number of anilines is 1. The highest BCUT2D eigenvalue weighted by Crippen LogP contribution is 2.18. The van der Waals surface area contributed by atoms with E-state index in [4.69, 9.17) is 5.73 Å². The first-order chi connectivity index (χ1) is 9.20. The highest BCUT2D eigenvalue weighted by atomic mass is 16.1. The topological polar surface area (TPSA) is 55.1 Å². The quantitative estimate of drug-likeness (QED) is 0.823. The number of benzene rings is 2. The number of nitrogens with two attached hydrogens (primary N) is 1. The van der Waals surface area contributed by atoms with Crippen LogP contribution in [0.15, 0.2) is 54.6 Å². The fourth-order valence-electron chi connectivity index (χ4n) is 1.98. The summed E-state index contributed by atoms with van der Waals surface area (Å²) in [6.45, 7) is 2.05. The minimum Gasteiger partial charge on any atom is -0.399 e. The molecule has 0 saturated carbocycles. The van der Waals surface area contributed by atoms with Crippen LogP contribution in [-0.4, -0.2) is 5.91 Å². The summed E-state index contributed by atoms with van der Waals surface area (Å²) < 4.78 is 0. The molecule has 0 aliphatic rings. The van der Waals surface area contributed by atoms with E-state index in [9.17, 15) is 4.79 Å². The summed E-state index contributed by atoms with van der Waals surface area (Å²) in [5, 5.41) is 3.04. The molecule has 0 fully saturated rings. The lowest BCUT2D eigenvalue weighted by atomic mass is 10.0. The maximum atomic E-state index is 12.1. The third kappa shape index (κ3) is 3.35. The fourth-order valence-corrected chi connectivity index (χ4v) is 1.98. The Morgan fingerprint density at radius 3 is 2.32 bits per heavy atom. The first kappa shape index (κ1) is 13.1. The molecule has 98 valence electrons. The van der Waals surface area contributed by atoms with Crippen molar-refractivity contribution in [1.82, 2.24) is 5.32 Å². The van der Waals surface area contributed by atoms with Gasteiger partial charge in [-0.05, 0) is 36.2 Å². The molecule has 0 radical (unpaired) electrons. The molecule has 2 rings (SSSR count). The molecule has 2 aromatic carbocycles. The second-order valence-corrected chi connectivity index (χ2v) is 4.47. The van der Waals surface area contributed by atoms with Crippen molar-refractivity contribution in [2.45, 2.75) is 19.4 Å². The largest absolute Gasteiger partial charge is 0.399 e. The van der Waals surface area contributed by atoms with Crippen LogP contribution < -0.4 is 11.1 Å². The van der Waals surface area contributed by atoms with Crippen LogP contribution in [0.4, 0.5) is 5.69 Å². The van der Waals surface area contributed by atoms with Crippen molar-refractivity contribution < 1.29 is 4.79 Å². The Labute approximate surface area is 113 Å². The van der Waals surface area contributed by atoms with Gasteiger partial charge in [-0.2, -0.15) is 0 Å². The minimum atomic E-state index is -0.0516. The van der Waals surface area contributed by atoms with Gasteiger partial charge in [-0.1, -0.05) is 37.3 Å². The highest BCUT2D eigenvalue weighted by molar-refractivity contribution is 5.94. The monoisotopic (exact) mass is 254 g/mol. The van der Waals surface area contributed by atoms with Gasteiger partial charge in [-0.15, -0.1) is 0 Å². The van der Waals surface area contributed by atoms with E-state index in [1.54, 1.807) is 0 Å². The van der Waals surface area contributed by atoms with Crippen molar-refractivity contribution in [1.29, 1.82) is 0 Å². The molecule has 0 aliphatic carbocycles. The van der Waals surface area contributed by atoms with Crippen molar-refractivity contribution in [3.63, 3.8) is 0 Å². The van der Waals surface area contributed by atoms with Gasteiger partial charge in [0.2, 0.25) is 0 Å². The molecule has 0 saturated heterocycles. The van der Waals surface area contributed by atoms with E-state index in [-0.39, 0.29) is 11.9 Å². The van der Waals surface area contributed by atoms with Gasteiger partial charge < -0.3 is 11.1 Å². The smallest absolute Gasteiger partial charge is 0.251 e. The summed E-state index contributed by atoms with van der Waals surface area (Å²) in [5.41, 5.74) is 8.15. The number of rotatable bonds is 4. The second-order valence-electron chi connectivity index (χ2n) is 4.47. The number of nitrogen functional groups attached to an aromatic ring is 1. The molecule has 0 aliphatic heterocycles. The molecule has 3 nitrogen and oxygen atoms in total.